The molecule has 4 rings (SSSR count). The van der Waals surface area contributed by atoms with Gasteiger partial charge in [0, 0.05) is 44.7 Å². The first-order valence-corrected chi connectivity index (χ1v) is 11.5. The molecule has 1 saturated heterocycles. The van der Waals surface area contributed by atoms with Gasteiger partial charge in [-0.1, -0.05) is 24.3 Å². The number of rotatable bonds is 6. The topological polar surface area (TPSA) is 79.5 Å². The molecular weight excluding hydrogens is 400 g/mol. The van der Waals surface area contributed by atoms with Crippen LogP contribution < -0.4 is 0 Å². The third kappa shape index (κ3) is 4.45. The lowest BCUT2D eigenvalue weighted by Crippen LogP contribution is -2.49. The summed E-state index contributed by atoms with van der Waals surface area (Å²) in [6, 6.07) is 15.0. The number of hydrogen-bond acceptors (Lipinski definition) is 6. The smallest absolute Gasteiger partial charge is 0.247 e. The number of sulfonamides is 1. The monoisotopic (exact) mass is 426 g/mol. The summed E-state index contributed by atoms with van der Waals surface area (Å²) in [6.07, 6.45) is 0.643. The summed E-state index contributed by atoms with van der Waals surface area (Å²) in [4.78, 5) is 2.61. The molecule has 0 N–H and O–H groups in total. The van der Waals surface area contributed by atoms with Gasteiger partial charge in [-0.3, -0.25) is 0 Å². The molecule has 1 aliphatic rings. The maximum absolute atomic E-state index is 12.9. The van der Waals surface area contributed by atoms with Crippen molar-refractivity contribution in [1.82, 2.24) is 19.4 Å². The van der Waals surface area contributed by atoms with Gasteiger partial charge in [-0.05, 0) is 49.2 Å². The van der Waals surface area contributed by atoms with E-state index in [1.54, 1.807) is 16.4 Å². The minimum absolute atomic E-state index is 0.373. The summed E-state index contributed by atoms with van der Waals surface area (Å²) in [5.41, 5.74) is 2.99. The van der Waals surface area contributed by atoms with Crippen molar-refractivity contribution in [2.24, 2.45) is 0 Å². The third-order valence-corrected chi connectivity index (χ3v) is 7.47. The van der Waals surface area contributed by atoms with Crippen molar-refractivity contribution in [1.29, 1.82) is 0 Å². The lowest BCUT2D eigenvalue weighted by molar-refractivity contribution is 0.187. The van der Waals surface area contributed by atoms with Crippen LogP contribution in [0, 0.1) is 13.8 Å². The Hall–Kier alpha value is -2.55. The van der Waals surface area contributed by atoms with Crippen LogP contribution in [0.25, 0.3) is 11.5 Å². The maximum atomic E-state index is 12.9. The molecule has 0 unspecified atom stereocenters. The first-order valence-electron chi connectivity index (χ1n) is 10.1. The molecule has 0 atom stereocenters. The molecule has 0 bridgehead atoms. The lowest BCUT2D eigenvalue weighted by Gasteiger charge is -2.33. The highest BCUT2D eigenvalue weighted by atomic mass is 32.2. The number of aryl methyl sites for hydroxylation is 2. The zero-order chi connectivity index (χ0) is 21.1. The van der Waals surface area contributed by atoms with E-state index in [1.807, 2.05) is 50.2 Å². The van der Waals surface area contributed by atoms with Gasteiger partial charge in [0.25, 0.3) is 0 Å². The number of hydrogen-bond donors (Lipinski definition) is 0. The van der Waals surface area contributed by atoms with E-state index in [1.165, 1.54) is 0 Å². The van der Waals surface area contributed by atoms with Gasteiger partial charge in [0.15, 0.2) is 0 Å². The Balaban J connectivity index is 1.32. The van der Waals surface area contributed by atoms with E-state index in [0.29, 0.717) is 49.3 Å². The van der Waals surface area contributed by atoms with Crippen LogP contribution in [0.3, 0.4) is 0 Å². The van der Waals surface area contributed by atoms with Gasteiger partial charge in [0.2, 0.25) is 21.8 Å². The van der Waals surface area contributed by atoms with E-state index in [2.05, 4.69) is 15.1 Å². The van der Waals surface area contributed by atoms with Gasteiger partial charge in [-0.25, -0.2) is 8.42 Å². The first-order chi connectivity index (χ1) is 14.4. The second kappa shape index (κ2) is 8.67. The largest absolute Gasteiger partial charge is 0.421 e. The number of aromatic nitrogens is 2. The van der Waals surface area contributed by atoms with Crippen LogP contribution in [-0.2, 0) is 16.4 Å². The van der Waals surface area contributed by atoms with Gasteiger partial charge in [-0.2, -0.15) is 4.31 Å². The summed E-state index contributed by atoms with van der Waals surface area (Å²) >= 11 is 0. The van der Waals surface area contributed by atoms with E-state index in [4.69, 9.17) is 4.42 Å². The molecule has 0 saturated carbocycles. The number of piperazine rings is 1. The highest BCUT2D eigenvalue weighted by molar-refractivity contribution is 7.89. The highest BCUT2D eigenvalue weighted by Gasteiger charge is 2.28. The Morgan fingerprint density at radius 3 is 2.37 bits per heavy atom. The standard InChI is InChI=1S/C22H26N4O3S/c1-17-8-9-20(16-18(17)2)30(27,28)26-14-12-25(13-15-26)11-10-21-23-24-22(29-21)19-6-4-3-5-7-19/h3-9,16H,10-15H2,1-2H3. The molecule has 8 heteroatoms. The summed E-state index contributed by atoms with van der Waals surface area (Å²) in [5.74, 6) is 1.12. The minimum Gasteiger partial charge on any atom is -0.421 e. The van der Waals surface area contributed by atoms with Crippen LogP contribution in [0.15, 0.2) is 57.8 Å². The summed E-state index contributed by atoms with van der Waals surface area (Å²) in [5, 5.41) is 8.26. The van der Waals surface area contributed by atoms with Crippen LogP contribution in [0.2, 0.25) is 0 Å². The molecule has 0 amide bonds. The molecular formula is C22H26N4O3S. The Bertz CT molecular complexity index is 1100. The first kappa shape index (κ1) is 20.7. The molecule has 30 heavy (non-hydrogen) atoms. The minimum atomic E-state index is -3.45. The second-order valence-corrected chi connectivity index (χ2v) is 9.55. The Kier molecular flexibility index (Phi) is 5.99. The van der Waals surface area contributed by atoms with Crippen molar-refractivity contribution in [3.8, 4) is 11.5 Å². The van der Waals surface area contributed by atoms with Crippen LogP contribution >= 0.6 is 0 Å². The molecule has 7 nitrogen and oxygen atoms in total. The molecule has 2 heterocycles. The van der Waals surface area contributed by atoms with Gasteiger partial charge in [0.1, 0.15) is 0 Å². The Morgan fingerprint density at radius 1 is 0.933 bits per heavy atom. The van der Waals surface area contributed by atoms with E-state index < -0.39 is 10.0 Å². The quantitative estimate of drug-likeness (QED) is 0.603. The molecule has 1 aliphatic heterocycles. The second-order valence-electron chi connectivity index (χ2n) is 7.61. The summed E-state index contributed by atoms with van der Waals surface area (Å²) in [6.45, 7) is 7.01. The SMILES string of the molecule is Cc1ccc(S(=O)(=O)N2CCN(CCc3nnc(-c4ccccc4)o3)CC2)cc1C. The van der Waals surface area contributed by atoms with E-state index in [9.17, 15) is 8.42 Å². The third-order valence-electron chi connectivity index (χ3n) is 5.58. The van der Waals surface area contributed by atoms with E-state index >= 15 is 0 Å². The molecule has 1 fully saturated rings. The van der Waals surface area contributed by atoms with Gasteiger partial charge in [-0.15, -0.1) is 10.2 Å². The van der Waals surface area contributed by atoms with Crippen molar-refractivity contribution < 1.29 is 12.8 Å². The fraction of sp³-hybridized carbons (Fsp3) is 0.364. The highest BCUT2D eigenvalue weighted by Crippen LogP contribution is 2.21. The zero-order valence-corrected chi connectivity index (χ0v) is 18.1. The van der Waals surface area contributed by atoms with Gasteiger partial charge in [0.05, 0.1) is 4.90 Å². The Morgan fingerprint density at radius 2 is 1.67 bits per heavy atom. The van der Waals surface area contributed by atoms with Crippen LogP contribution in [0.1, 0.15) is 17.0 Å². The van der Waals surface area contributed by atoms with Crippen LogP contribution in [0.4, 0.5) is 0 Å². The van der Waals surface area contributed by atoms with Gasteiger partial charge >= 0.3 is 0 Å². The van der Waals surface area contributed by atoms with Crippen molar-refractivity contribution in [3.63, 3.8) is 0 Å². The summed E-state index contributed by atoms with van der Waals surface area (Å²) in [7, 11) is -3.45. The van der Waals surface area contributed by atoms with Crippen molar-refractivity contribution in [2.75, 3.05) is 32.7 Å². The number of nitrogens with zero attached hydrogens (tertiary/aromatic N) is 4. The van der Waals surface area contributed by atoms with E-state index in [-0.39, 0.29) is 0 Å². The van der Waals surface area contributed by atoms with Crippen LogP contribution in [0.5, 0.6) is 0 Å². The lowest BCUT2D eigenvalue weighted by atomic mass is 10.1. The molecule has 0 spiro atoms. The Labute approximate surface area is 177 Å². The fourth-order valence-corrected chi connectivity index (χ4v) is 5.03. The summed E-state index contributed by atoms with van der Waals surface area (Å²) < 4.78 is 33.2. The average Bonchev–Trinajstić information content (AvgIpc) is 3.24. The van der Waals surface area contributed by atoms with Crippen molar-refractivity contribution in [3.05, 3.63) is 65.5 Å². The number of benzene rings is 2. The van der Waals surface area contributed by atoms with Crippen molar-refractivity contribution >= 4 is 10.0 Å². The van der Waals surface area contributed by atoms with Crippen LogP contribution in [-0.4, -0.2) is 60.5 Å². The normalized spacial score (nSPS) is 16.1. The predicted molar refractivity (Wildman–Crippen MR) is 115 cm³/mol. The molecule has 2 aromatic carbocycles. The molecule has 158 valence electrons. The average molecular weight is 427 g/mol. The predicted octanol–water partition coefficient (Wildman–Crippen LogP) is 2.90. The maximum Gasteiger partial charge on any atom is 0.247 e. The molecule has 3 aromatic rings. The molecule has 1 aromatic heterocycles. The van der Waals surface area contributed by atoms with E-state index in [0.717, 1.165) is 23.2 Å². The zero-order valence-electron chi connectivity index (χ0n) is 17.3. The van der Waals surface area contributed by atoms with Gasteiger partial charge < -0.3 is 9.32 Å². The fourth-order valence-electron chi connectivity index (χ4n) is 3.52. The van der Waals surface area contributed by atoms with Crippen molar-refractivity contribution in [2.45, 2.75) is 25.2 Å². The molecule has 0 radical (unpaired) electrons. The molecule has 0 aliphatic carbocycles.